The summed E-state index contributed by atoms with van der Waals surface area (Å²) in [5.41, 5.74) is -0.655. The minimum absolute atomic E-state index is 0.0371. The van der Waals surface area contributed by atoms with Crippen LogP contribution in [0.4, 0.5) is 0 Å². The van der Waals surface area contributed by atoms with Crippen LogP contribution in [0.3, 0.4) is 0 Å². The Hall–Kier alpha value is -0.940. The topological polar surface area (TPSA) is 61.8 Å². The molecule has 1 saturated heterocycles. The smallest absolute Gasteiger partial charge is 0.319 e. The summed E-state index contributed by atoms with van der Waals surface area (Å²) in [4.78, 5) is 25.7. The van der Waals surface area contributed by atoms with E-state index in [1.54, 1.807) is 6.92 Å². The van der Waals surface area contributed by atoms with Gasteiger partial charge in [0.05, 0.1) is 13.2 Å². The van der Waals surface area contributed by atoms with Gasteiger partial charge in [-0.2, -0.15) is 0 Å². The van der Waals surface area contributed by atoms with Gasteiger partial charge in [0.2, 0.25) is 0 Å². The van der Waals surface area contributed by atoms with E-state index >= 15 is 0 Å². The molecule has 1 aliphatic heterocycles. The SMILES string of the molecule is CCOC(=O)C(CCCCC(C)(C)CC)(CCCCC(C)(C)COC1CCCCO1)C(C)=O. The van der Waals surface area contributed by atoms with Crippen LogP contribution in [0.1, 0.15) is 126 Å². The second-order valence-electron chi connectivity index (χ2n) is 11.6. The Kier molecular flexibility index (Phi) is 13.2. The number of esters is 1. The Balaban J connectivity index is 2.61. The lowest BCUT2D eigenvalue weighted by Crippen LogP contribution is -2.39. The van der Waals surface area contributed by atoms with Crippen molar-refractivity contribution in [3.8, 4) is 0 Å². The summed E-state index contributed by atoms with van der Waals surface area (Å²) in [6.45, 7) is 16.4. The molecule has 0 aromatic heterocycles. The van der Waals surface area contributed by atoms with Crippen LogP contribution in [0.2, 0.25) is 0 Å². The van der Waals surface area contributed by atoms with Gasteiger partial charge >= 0.3 is 5.97 Å². The van der Waals surface area contributed by atoms with E-state index in [4.69, 9.17) is 14.2 Å². The minimum atomic E-state index is -0.997. The molecule has 5 nitrogen and oxygen atoms in total. The van der Waals surface area contributed by atoms with Crippen LogP contribution < -0.4 is 0 Å². The van der Waals surface area contributed by atoms with Gasteiger partial charge in [0.25, 0.3) is 0 Å². The van der Waals surface area contributed by atoms with E-state index < -0.39 is 5.41 Å². The molecule has 2 atom stereocenters. The molecule has 0 aromatic carbocycles. The summed E-state index contributed by atoms with van der Waals surface area (Å²) in [5, 5.41) is 0. The standard InChI is InChI=1S/C28H52O5/c1-8-26(4,5)17-11-13-19-28(23(3)29,25(30)31-9-2)20-14-12-18-27(6,7)22-33-24-16-10-15-21-32-24/h24H,8-22H2,1-7H3. The van der Waals surface area contributed by atoms with Crippen LogP contribution in [-0.4, -0.2) is 37.9 Å². The maximum absolute atomic E-state index is 12.9. The lowest BCUT2D eigenvalue weighted by Gasteiger charge is -2.31. The maximum atomic E-state index is 12.9. The van der Waals surface area contributed by atoms with Crippen molar-refractivity contribution in [1.29, 1.82) is 0 Å². The van der Waals surface area contributed by atoms with Crippen molar-refractivity contribution in [2.75, 3.05) is 19.8 Å². The molecule has 5 heteroatoms. The lowest BCUT2D eigenvalue weighted by molar-refractivity contribution is -0.176. The van der Waals surface area contributed by atoms with E-state index in [2.05, 4.69) is 34.6 Å². The zero-order chi connectivity index (χ0) is 25.0. The largest absolute Gasteiger partial charge is 0.465 e. The number of hydrogen-bond donors (Lipinski definition) is 0. The number of carbonyl (C=O) groups is 2. The second kappa shape index (κ2) is 14.5. The van der Waals surface area contributed by atoms with E-state index in [0.717, 1.165) is 64.4 Å². The molecule has 0 spiro atoms. The predicted octanol–water partition coefficient (Wildman–Crippen LogP) is 7.25. The second-order valence-corrected chi connectivity index (χ2v) is 11.6. The minimum Gasteiger partial charge on any atom is -0.465 e. The molecule has 1 heterocycles. The van der Waals surface area contributed by atoms with Crippen LogP contribution in [0, 0.1) is 16.2 Å². The molecule has 0 bridgehead atoms. The van der Waals surface area contributed by atoms with E-state index in [1.807, 2.05) is 6.92 Å². The fourth-order valence-corrected chi connectivity index (χ4v) is 4.56. The number of rotatable bonds is 17. The maximum Gasteiger partial charge on any atom is 0.319 e. The zero-order valence-corrected chi connectivity index (χ0v) is 22.7. The van der Waals surface area contributed by atoms with Crippen LogP contribution in [-0.2, 0) is 23.8 Å². The first-order valence-electron chi connectivity index (χ1n) is 13.4. The van der Waals surface area contributed by atoms with Gasteiger partial charge < -0.3 is 14.2 Å². The van der Waals surface area contributed by atoms with Gasteiger partial charge in [-0.3, -0.25) is 9.59 Å². The third-order valence-corrected chi connectivity index (χ3v) is 7.51. The number of hydrogen-bond acceptors (Lipinski definition) is 5. The Labute approximate surface area is 203 Å². The highest BCUT2D eigenvalue weighted by molar-refractivity contribution is 6.02. The quantitative estimate of drug-likeness (QED) is 0.128. The summed E-state index contributed by atoms with van der Waals surface area (Å²) in [6.07, 6.45) is 11.3. The Morgan fingerprint density at radius 2 is 1.45 bits per heavy atom. The summed E-state index contributed by atoms with van der Waals surface area (Å²) in [5.74, 6) is -0.378. The summed E-state index contributed by atoms with van der Waals surface area (Å²) >= 11 is 0. The van der Waals surface area contributed by atoms with Crippen molar-refractivity contribution < 1.29 is 23.8 Å². The van der Waals surface area contributed by atoms with Crippen molar-refractivity contribution >= 4 is 11.8 Å². The molecular weight excluding hydrogens is 416 g/mol. The van der Waals surface area contributed by atoms with E-state index in [9.17, 15) is 9.59 Å². The number of carbonyl (C=O) groups excluding carboxylic acids is 2. The molecule has 0 saturated carbocycles. The van der Waals surface area contributed by atoms with Crippen LogP contribution in [0.15, 0.2) is 0 Å². The Bertz CT molecular complexity index is 577. The summed E-state index contributed by atoms with van der Waals surface area (Å²) < 4.78 is 17.1. The molecular formula is C28H52O5. The first-order valence-corrected chi connectivity index (χ1v) is 13.4. The number of ether oxygens (including phenoxy) is 3. The molecule has 0 amide bonds. The summed E-state index contributed by atoms with van der Waals surface area (Å²) in [6, 6.07) is 0. The number of unbranched alkanes of at least 4 members (excludes halogenated alkanes) is 2. The van der Waals surface area contributed by atoms with Crippen molar-refractivity contribution in [3.63, 3.8) is 0 Å². The molecule has 0 radical (unpaired) electrons. The highest BCUT2D eigenvalue weighted by atomic mass is 16.7. The van der Waals surface area contributed by atoms with Gasteiger partial charge in [-0.05, 0) is 69.6 Å². The van der Waals surface area contributed by atoms with Crippen molar-refractivity contribution in [2.45, 2.75) is 132 Å². The highest BCUT2D eigenvalue weighted by Gasteiger charge is 2.43. The first kappa shape index (κ1) is 30.1. The monoisotopic (exact) mass is 468 g/mol. The number of Topliss-reactive ketones (excluding diaryl/α,β-unsaturated/α-hetero) is 1. The zero-order valence-electron chi connectivity index (χ0n) is 22.7. The molecule has 1 aliphatic rings. The van der Waals surface area contributed by atoms with E-state index in [1.165, 1.54) is 6.42 Å². The van der Waals surface area contributed by atoms with Crippen molar-refractivity contribution in [2.24, 2.45) is 16.2 Å². The molecule has 1 fully saturated rings. The average Bonchev–Trinajstić information content (AvgIpc) is 2.77. The van der Waals surface area contributed by atoms with E-state index in [0.29, 0.717) is 31.5 Å². The summed E-state index contributed by atoms with van der Waals surface area (Å²) in [7, 11) is 0. The van der Waals surface area contributed by atoms with Gasteiger partial charge in [0.1, 0.15) is 11.2 Å². The van der Waals surface area contributed by atoms with Gasteiger partial charge in [-0.25, -0.2) is 0 Å². The van der Waals surface area contributed by atoms with Gasteiger partial charge in [-0.1, -0.05) is 66.7 Å². The van der Waals surface area contributed by atoms with Crippen LogP contribution in [0.25, 0.3) is 0 Å². The predicted molar refractivity (Wildman–Crippen MR) is 134 cm³/mol. The molecule has 2 unspecified atom stereocenters. The van der Waals surface area contributed by atoms with Crippen molar-refractivity contribution in [1.82, 2.24) is 0 Å². The fraction of sp³-hybridized carbons (Fsp3) is 0.929. The molecule has 33 heavy (non-hydrogen) atoms. The van der Waals surface area contributed by atoms with Crippen LogP contribution in [0.5, 0.6) is 0 Å². The fourth-order valence-electron chi connectivity index (χ4n) is 4.56. The van der Waals surface area contributed by atoms with Gasteiger partial charge in [-0.15, -0.1) is 0 Å². The van der Waals surface area contributed by atoms with E-state index in [-0.39, 0.29) is 23.5 Å². The molecule has 0 N–H and O–H groups in total. The average molecular weight is 469 g/mol. The lowest BCUT2D eigenvalue weighted by atomic mass is 9.73. The van der Waals surface area contributed by atoms with Crippen molar-refractivity contribution in [3.05, 3.63) is 0 Å². The highest BCUT2D eigenvalue weighted by Crippen LogP contribution is 2.37. The van der Waals surface area contributed by atoms with Crippen LogP contribution >= 0.6 is 0 Å². The first-order chi connectivity index (χ1) is 15.5. The Morgan fingerprint density at radius 1 is 0.879 bits per heavy atom. The molecule has 0 aromatic rings. The normalized spacial score (nSPS) is 19.2. The third kappa shape index (κ3) is 10.9. The number of ketones is 1. The molecule has 194 valence electrons. The molecule has 0 aliphatic carbocycles. The third-order valence-electron chi connectivity index (χ3n) is 7.51. The molecule has 1 rings (SSSR count). The Morgan fingerprint density at radius 3 is 1.94 bits per heavy atom. The van der Waals surface area contributed by atoms with Gasteiger partial charge in [0.15, 0.2) is 6.29 Å². The van der Waals surface area contributed by atoms with Gasteiger partial charge in [0, 0.05) is 6.61 Å².